The number of primary amides is 1. The molecule has 162 valence electrons. The van der Waals surface area contributed by atoms with Crippen molar-refractivity contribution in [1.29, 1.82) is 0 Å². The van der Waals surface area contributed by atoms with Crippen LogP contribution in [0.2, 0.25) is 5.02 Å². The van der Waals surface area contributed by atoms with Gasteiger partial charge < -0.3 is 16.0 Å². The molecule has 31 heavy (non-hydrogen) atoms. The Morgan fingerprint density at radius 3 is 2.39 bits per heavy atom. The number of urea groups is 1. The molecular weight excluding hydrogens is 414 g/mol. The number of aryl methyl sites for hydroxylation is 1. The number of nitrogens with one attached hydrogen (secondary N) is 1. The molecule has 0 unspecified atom stereocenters. The van der Waals surface area contributed by atoms with Crippen LogP contribution < -0.4 is 11.1 Å². The lowest BCUT2D eigenvalue weighted by molar-refractivity contribution is -0.130. The van der Waals surface area contributed by atoms with Crippen molar-refractivity contribution < 1.29 is 9.59 Å². The zero-order valence-electron chi connectivity index (χ0n) is 17.8. The van der Waals surface area contributed by atoms with Crippen molar-refractivity contribution in [3.8, 4) is 5.69 Å². The molecule has 0 saturated carbocycles. The van der Waals surface area contributed by atoms with Crippen LogP contribution in [0.4, 0.5) is 4.79 Å². The monoisotopic (exact) mass is 439 g/mol. The number of aromatic nitrogens is 2. The Kier molecular flexibility index (Phi) is 6.97. The fourth-order valence-electron chi connectivity index (χ4n) is 3.50. The van der Waals surface area contributed by atoms with Gasteiger partial charge in [-0.25, -0.2) is 9.48 Å². The number of hydrogen-bond donors (Lipinski definition) is 2. The summed E-state index contributed by atoms with van der Waals surface area (Å²) in [5, 5.41) is 7.86. The summed E-state index contributed by atoms with van der Waals surface area (Å²) in [6.45, 7) is 4.34. The highest BCUT2D eigenvalue weighted by molar-refractivity contribution is 6.30. The molecule has 1 aromatic heterocycles. The lowest BCUT2D eigenvalue weighted by Crippen LogP contribution is -2.37. The molecular formula is C23H26ClN5O2. The molecule has 3 rings (SSSR count). The minimum Gasteiger partial charge on any atom is -0.352 e. The normalized spacial score (nSPS) is 11.7. The second-order valence-corrected chi connectivity index (χ2v) is 7.90. The summed E-state index contributed by atoms with van der Waals surface area (Å²) in [7, 11) is 1.74. The molecule has 3 amide bonds. The summed E-state index contributed by atoms with van der Waals surface area (Å²) in [5.74, 6) is -0.125. The average molecular weight is 440 g/mol. The van der Waals surface area contributed by atoms with Gasteiger partial charge in [0.05, 0.1) is 23.8 Å². The Balaban J connectivity index is 1.76. The van der Waals surface area contributed by atoms with Crippen molar-refractivity contribution in [2.45, 2.75) is 32.9 Å². The van der Waals surface area contributed by atoms with Gasteiger partial charge in [0.2, 0.25) is 5.91 Å². The molecule has 0 saturated heterocycles. The van der Waals surface area contributed by atoms with E-state index in [4.69, 9.17) is 17.3 Å². The summed E-state index contributed by atoms with van der Waals surface area (Å²) in [4.78, 5) is 26.1. The Labute approximate surface area is 186 Å². The molecule has 0 aliphatic heterocycles. The zero-order chi connectivity index (χ0) is 22.5. The summed E-state index contributed by atoms with van der Waals surface area (Å²) >= 11 is 5.95. The summed E-state index contributed by atoms with van der Waals surface area (Å²) in [6.07, 6.45) is 0.0754. The number of rotatable bonds is 7. The van der Waals surface area contributed by atoms with Gasteiger partial charge in [-0.3, -0.25) is 4.79 Å². The lowest BCUT2D eigenvalue weighted by Gasteiger charge is -2.22. The van der Waals surface area contributed by atoms with Crippen LogP contribution in [-0.4, -0.2) is 33.7 Å². The fourth-order valence-corrected chi connectivity index (χ4v) is 3.63. The van der Waals surface area contributed by atoms with Crippen molar-refractivity contribution in [2.24, 2.45) is 5.73 Å². The van der Waals surface area contributed by atoms with E-state index >= 15 is 0 Å². The van der Waals surface area contributed by atoms with Gasteiger partial charge >= 0.3 is 6.03 Å². The number of amides is 3. The van der Waals surface area contributed by atoms with E-state index in [0.717, 1.165) is 28.2 Å². The van der Waals surface area contributed by atoms with Crippen LogP contribution >= 0.6 is 11.6 Å². The Morgan fingerprint density at radius 2 is 1.77 bits per heavy atom. The third-order valence-electron chi connectivity index (χ3n) is 5.23. The highest BCUT2D eigenvalue weighted by Crippen LogP contribution is 2.23. The molecule has 2 aromatic carbocycles. The number of nitrogens with zero attached hydrogens (tertiary/aromatic N) is 3. The van der Waals surface area contributed by atoms with Gasteiger partial charge in [-0.2, -0.15) is 5.10 Å². The van der Waals surface area contributed by atoms with Gasteiger partial charge in [-0.15, -0.1) is 0 Å². The Bertz CT molecular complexity index is 1060. The predicted molar refractivity (Wildman–Crippen MR) is 121 cm³/mol. The van der Waals surface area contributed by atoms with E-state index in [0.29, 0.717) is 11.6 Å². The SMILES string of the molecule is Cc1nn(-c2ccccc2)c(C)c1CN(C)C(=O)C[C@H](NC(N)=O)c1ccc(Cl)cc1. The van der Waals surface area contributed by atoms with E-state index in [1.807, 2.05) is 48.9 Å². The average Bonchev–Trinajstić information content (AvgIpc) is 3.02. The van der Waals surface area contributed by atoms with Crippen LogP contribution in [0.15, 0.2) is 54.6 Å². The van der Waals surface area contributed by atoms with E-state index in [1.54, 1.807) is 36.2 Å². The largest absolute Gasteiger partial charge is 0.352 e. The van der Waals surface area contributed by atoms with Crippen LogP contribution in [0.5, 0.6) is 0 Å². The first-order valence-corrected chi connectivity index (χ1v) is 10.3. The molecule has 0 aliphatic rings. The van der Waals surface area contributed by atoms with Crippen molar-refractivity contribution in [1.82, 2.24) is 20.0 Å². The quantitative estimate of drug-likeness (QED) is 0.584. The second kappa shape index (κ2) is 9.66. The number of carbonyl (C=O) groups is 2. The van der Waals surface area contributed by atoms with E-state index in [-0.39, 0.29) is 12.3 Å². The highest BCUT2D eigenvalue weighted by Gasteiger charge is 2.22. The van der Waals surface area contributed by atoms with Crippen LogP contribution in [-0.2, 0) is 11.3 Å². The third kappa shape index (κ3) is 5.44. The zero-order valence-corrected chi connectivity index (χ0v) is 18.6. The highest BCUT2D eigenvalue weighted by atomic mass is 35.5. The van der Waals surface area contributed by atoms with Crippen molar-refractivity contribution in [3.63, 3.8) is 0 Å². The Hall–Kier alpha value is -3.32. The van der Waals surface area contributed by atoms with Gasteiger partial charge in [0, 0.05) is 29.9 Å². The number of para-hydroxylation sites is 1. The molecule has 1 atom stereocenters. The molecule has 0 bridgehead atoms. The topological polar surface area (TPSA) is 93.2 Å². The van der Waals surface area contributed by atoms with E-state index < -0.39 is 12.1 Å². The molecule has 3 aromatic rings. The van der Waals surface area contributed by atoms with Crippen LogP contribution in [0, 0.1) is 13.8 Å². The number of nitrogens with two attached hydrogens (primary N) is 1. The minimum absolute atomic E-state index is 0.0754. The van der Waals surface area contributed by atoms with Crippen molar-refractivity contribution >= 4 is 23.5 Å². The number of carbonyl (C=O) groups excluding carboxylic acids is 2. The summed E-state index contributed by atoms with van der Waals surface area (Å²) < 4.78 is 1.88. The fraction of sp³-hybridized carbons (Fsp3) is 0.261. The predicted octanol–water partition coefficient (Wildman–Crippen LogP) is 3.90. The van der Waals surface area contributed by atoms with Crippen LogP contribution in [0.1, 0.15) is 35.0 Å². The maximum atomic E-state index is 13.0. The van der Waals surface area contributed by atoms with Crippen molar-refractivity contribution in [2.75, 3.05) is 7.05 Å². The molecule has 3 N–H and O–H groups in total. The van der Waals surface area contributed by atoms with E-state index in [2.05, 4.69) is 10.4 Å². The third-order valence-corrected chi connectivity index (χ3v) is 5.48. The molecule has 0 radical (unpaired) electrons. The molecule has 1 heterocycles. The molecule has 0 aliphatic carbocycles. The number of halogens is 1. The molecule has 0 fully saturated rings. The van der Waals surface area contributed by atoms with Gasteiger partial charge in [0.15, 0.2) is 0 Å². The number of benzene rings is 2. The maximum Gasteiger partial charge on any atom is 0.312 e. The number of hydrogen-bond acceptors (Lipinski definition) is 3. The summed E-state index contributed by atoms with van der Waals surface area (Å²) in [6, 6.07) is 15.6. The lowest BCUT2D eigenvalue weighted by atomic mass is 10.0. The minimum atomic E-state index is -0.689. The Morgan fingerprint density at radius 1 is 1.13 bits per heavy atom. The summed E-state index contributed by atoms with van der Waals surface area (Å²) in [5.41, 5.74) is 9.89. The first-order chi connectivity index (χ1) is 14.8. The first kappa shape index (κ1) is 22.4. The molecule has 7 nitrogen and oxygen atoms in total. The van der Waals surface area contributed by atoms with E-state index in [9.17, 15) is 9.59 Å². The van der Waals surface area contributed by atoms with Gasteiger partial charge in [-0.05, 0) is 43.7 Å². The maximum absolute atomic E-state index is 13.0. The van der Waals surface area contributed by atoms with Gasteiger partial charge in [0.1, 0.15) is 0 Å². The first-order valence-electron chi connectivity index (χ1n) is 9.92. The second-order valence-electron chi connectivity index (χ2n) is 7.46. The van der Waals surface area contributed by atoms with Crippen LogP contribution in [0.3, 0.4) is 0 Å². The standard InChI is InChI=1S/C23H26ClN5O2/c1-15-20(16(2)29(27-15)19-7-5-4-6-8-19)14-28(3)22(30)13-21(26-23(25)31)17-9-11-18(24)12-10-17/h4-12,21H,13-14H2,1-3H3,(H3,25,26,31)/t21-/m0/s1. The van der Waals surface area contributed by atoms with Crippen molar-refractivity contribution in [3.05, 3.63) is 82.1 Å². The molecule has 8 heteroatoms. The van der Waals surface area contributed by atoms with Crippen LogP contribution in [0.25, 0.3) is 5.69 Å². The van der Waals surface area contributed by atoms with Gasteiger partial charge in [-0.1, -0.05) is 41.9 Å². The smallest absolute Gasteiger partial charge is 0.312 e. The van der Waals surface area contributed by atoms with E-state index in [1.165, 1.54) is 0 Å². The molecule has 0 spiro atoms. The van der Waals surface area contributed by atoms with Gasteiger partial charge in [0.25, 0.3) is 0 Å².